The van der Waals surface area contributed by atoms with Crippen LogP contribution in [0, 0.1) is 0 Å². The van der Waals surface area contributed by atoms with Gasteiger partial charge in [0, 0.05) is 13.2 Å². The highest BCUT2D eigenvalue weighted by Gasteiger charge is 2.17. The van der Waals surface area contributed by atoms with Crippen molar-refractivity contribution in [1.29, 1.82) is 0 Å². The summed E-state index contributed by atoms with van der Waals surface area (Å²) in [5.74, 6) is 0.648. The van der Waals surface area contributed by atoms with Gasteiger partial charge in [0.1, 0.15) is 11.8 Å². The second-order valence-electron chi connectivity index (χ2n) is 3.66. The number of aliphatic hydroxyl groups excluding tert-OH is 1. The molecule has 1 atom stereocenters. The first-order chi connectivity index (χ1) is 8.72. The fourth-order valence-corrected chi connectivity index (χ4v) is 1.50. The van der Waals surface area contributed by atoms with Crippen LogP contribution in [0.4, 0.5) is 0 Å². The van der Waals surface area contributed by atoms with E-state index in [-0.39, 0.29) is 0 Å². The fourth-order valence-electron chi connectivity index (χ4n) is 1.50. The van der Waals surface area contributed by atoms with Crippen LogP contribution < -0.4 is 9.47 Å². The second kappa shape index (κ2) is 7.84. The monoisotopic (exact) mass is 256 g/mol. The molecule has 1 aromatic heterocycles. The molecule has 18 heavy (non-hydrogen) atoms. The molecule has 0 aliphatic heterocycles. The van der Waals surface area contributed by atoms with E-state index in [2.05, 4.69) is 9.97 Å². The Morgan fingerprint density at radius 1 is 1.33 bits per heavy atom. The van der Waals surface area contributed by atoms with E-state index in [1.165, 1.54) is 20.4 Å². The van der Waals surface area contributed by atoms with E-state index in [1.54, 1.807) is 0 Å². The molecule has 1 aromatic rings. The van der Waals surface area contributed by atoms with E-state index in [0.29, 0.717) is 37.1 Å². The van der Waals surface area contributed by atoms with E-state index < -0.39 is 6.10 Å². The molecule has 6 heteroatoms. The standard InChI is InChI=1S/C12H20N2O4/c1-4-18-7-5-6-9(15)11-12(17-3)14-10(16-2)8-13-11/h8-9,15H,4-7H2,1-3H3. The lowest BCUT2D eigenvalue weighted by Gasteiger charge is -2.13. The Morgan fingerprint density at radius 2 is 2.11 bits per heavy atom. The van der Waals surface area contributed by atoms with Crippen molar-refractivity contribution >= 4 is 0 Å². The lowest BCUT2D eigenvalue weighted by Crippen LogP contribution is -2.07. The Bertz CT molecular complexity index is 360. The van der Waals surface area contributed by atoms with Gasteiger partial charge in [-0.2, -0.15) is 4.98 Å². The first kappa shape index (κ1) is 14.7. The highest BCUT2D eigenvalue weighted by atomic mass is 16.5. The third kappa shape index (κ3) is 4.12. The van der Waals surface area contributed by atoms with Gasteiger partial charge in [0.2, 0.25) is 11.8 Å². The maximum absolute atomic E-state index is 10.0. The van der Waals surface area contributed by atoms with Gasteiger partial charge in [0.25, 0.3) is 0 Å². The van der Waals surface area contributed by atoms with Gasteiger partial charge in [-0.3, -0.25) is 0 Å². The van der Waals surface area contributed by atoms with Crippen LogP contribution in [0.15, 0.2) is 6.20 Å². The Kier molecular flexibility index (Phi) is 6.38. The minimum atomic E-state index is -0.709. The fraction of sp³-hybridized carbons (Fsp3) is 0.667. The zero-order chi connectivity index (χ0) is 13.4. The van der Waals surface area contributed by atoms with Crippen molar-refractivity contribution < 1.29 is 19.3 Å². The second-order valence-corrected chi connectivity index (χ2v) is 3.66. The van der Waals surface area contributed by atoms with E-state index in [9.17, 15) is 5.11 Å². The minimum Gasteiger partial charge on any atom is -0.480 e. The number of hydrogen-bond donors (Lipinski definition) is 1. The van der Waals surface area contributed by atoms with Gasteiger partial charge in [-0.25, -0.2) is 4.98 Å². The number of hydrogen-bond acceptors (Lipinski definition) is 6. The molecule has 0 saturated carbocycles. The molecule has 0 aliphatic rings. The summed E-state index contributed by atoms with van der Waals surface area (Å²) < 4.78 is 15.3. The van der Waals surface area contributed by atoms with Gasteiger partial charge in [0.15, 0.2) is 0 Å². The molecule has 0 aliphatic carbocycles. The highest BCUT2D eigenvalue weighted by Crippen LogP contribution is 2.25. The van der Waals surface area contributed by atoms with Gasteiger partial charge in [-0.1, -0.05) is 0 Å². The Morgan fingerprint density at radius 3 is 2.72 bits per heavy atom. The van der Waals surface area contributed by atoms with E-state index >= 15 is 0 Å². The summed E-state index contributed by atoms with van der Waals surface area (Å²) in [5, 5.41) is 10.0. The van der Waals surface area contributed by atoms with Crippen LogP contribution in [0.5, 0.6) is 11.8 Å². The maximum atomic E-state index is 10.0. The first-order valence-corrected chi connectivity index (χ1v) is 5.93. The van der Waals surface area contributed by atoms with Crippen molar-refractivity contribution in [3.63, 3.8) is 0 Å². The third-order valence-corrected chi connectivity index (χ3v) is 2.43. The quantitative estimate of drug-likeness (QED) is 0.708. The van der Waals surface area contributed by atoms with Crippen molar-refractivity contribution in [2.24, 2.45) is 0 Å². The van der Waals surface area contributed by atoms with E-state index in [0.717, 1.165) is 6.42 Å². The number of aromatic nitrogens is 2. The van der Waals surface area contributed by atoms with Gasteiger partial charge in [0.05, 0.1) is 20.4 Å². The predicted octanol–water partition coefficient (Wildman–Crippen LogP) is 1.34. The van der Waals surface area contributed by atoms with Crippen LogP contribution in [0.3, 0.4) is 0 Å². The molecule has 1 rings (SSSR count). The largest absolute Gasteiger partial charge is 0.480 e. The summed E-state index contributed by atoms with van der Waals surface area (Å²) >= 11 is 0. The summed E-state index contributed by atoms with van der Waals surface area (Å²) in [6.45, 7) is 3.25. The molecule has 102 valence electrons. The lowest BCUT2D eigenvalue weighted by atomic mass is 10.1. The first-order valence-electron chi connectivity index (χ1n) is 5.93. The van der Waals surface area contributed by atoms with Gasteiger partial charge in [-0.05, 0) is 19.8 Å². The molecular weight excluding hydrogens is 236 g/mol. The van der Waals surface area contributed by atoms with Crippen LogP contribution in [0.25, 0.3) is 0 Å². The van der Waals surface area contributed by atoms with Gasteiger partial charge >= 0.3 is 0 Å². The van der Waals surface area contributed by atoms with E-state index in [1.807, 2.05) is 6.92 Å². The van der Waals surface area contributed by atoms with Crippen LogP contribution in [-0.4, -0.2) is 42.5 Å². The summed E-state index contributed by atoms with van der Waals surface area (Å²) in [6.07, 6.45) is 2.06. The summed E-state index contributed by atoms with van der Waals surface area (Å²) in [7, 11) is 2.99. The predicted molar refractivity (Wildman–Crippen MR) is 65.8 cm³/mol. The Hall–Kier alpha value is -1.40. The number of nitrogens with zero attached hydrogens (tertiary/aromatic N) is 2. The molecule has 0 saturated heterocycles. The zero-order valence-electron chi connectivity index (χ0n) is 11.0. The number of rotatable bonds is 8. The molecule has 1 N–H and O–H groups in total. The third-order valence-electron chi connectivity index (χ3n) is 2.43. The smallest absolute Gasteiger partial charge is 0.241 e. The van der Waals surface area contributed by atoms with Crippen molar-refractivity contribution in [2.45, 2.75) is 25.9 Å². The number of methoxy groups -OCH3 is 2. The van der Waals surface area contributed by atoms with E-state index in [4.69, 9.17) is 14.2 Å². The zero-order valence-corrected chi connectivity index (χ0v) is 11.0. The van der Waals surface area contributed by atoms with Crippen molar-refractivity contribution in [2.75, 3.05) is 27.4 Å². The maximum Gasteiger partial charge on any atom is 0.241 e. The molecule has 0 fully saturated rings. The number of aliphatic hydroxyl groups is 1. The molecule has 1 heterocycles. The molecule has 0 amide bonds. The summed E-state index contributed by atoms with van der Waals surface area (Å²) in [4.78, 5) is 8.19. The molecule has 1 unspecified atom stereocenters. The summed E-state index contributed by atoms with van der Waals surface area (Å²) in [5.41, 5.74) is 0.426. The number of ether oxygens (including phenoxy) is 3. The topological polar surface area (TPSA) is 73.7 Å². The molecule has 0 bridgehead atoms. The minimum absolute atomic E-state index is 0.290. The molecule has 6 nitrogen and oxygen atoms in total. The van der Waals surface area contributed by atoms with Gasteiger partial charge < -0.3 is 19.3 Å². The molecule has 0 radical (unpaired) electrons. The van der Waals surface area contributed by atoms with Crippen LogP contribution in [0.2, 0.25) is 0 Å². The van der Waals surface area contributed by atoms with Crippen molar-refractivity contribution in [1.82, 2.24) is 9.97 Å². The van der Waals surface area contributed by atoms with Crippen molar-refractivity contribution in [3.05, 3.63) is 11.9 Å². The average molecular weight is 256 g/mol. The van der Waals surface area contributed by atoms with Crippen LogP contribution in [-0.2, 0) is 4.74 Å². The molecule has 0 spiro atoms. The normalized spacial score (nSPS) is 12.2. The lowest BCUT2D eigenvalue weighted by molar-refractivity contribution is 0.111. The molecule has 0 aromatic carbocycles. The molecular formula is C12H20N2O4. The Balaban J connectivity index is 2.63. The van der Waals surface area contributed by atoms with Crippen LogP contribution >= 0.6 is 0 Å². The SMILES string of the molecule is CCOCCCC(O)c1ncc(OC)nc1OC. The van der Waals surface area contributed by atoms with Crippen LogP contribution in [0.1, 0.15) is 31.6 Å². The Labute approximate surface area is 107 Å². The van der Waals surface area contributed by atoms with Crippen molar-refractivity contribution in [3.8, 4) is 11.8 Å². The average Bonchev–Trinajstić information content (AvgIpc) is 2.42. The highest BCUT2D eigenvalue weighted by molar-refractivity contribution is 5.24. The summed E-state index contributed by atoms with van der Waals surface area (Å²) in [6, 6.07) is 0. The van der Waals surface area contributed by atoms with Gasteiger partial charge in [-0.15, -0.1) is 0 Å².